The van der Waals surface area contributed by atoms with Gasteiger partial charge in [0.05, 0.1) is 12.1 Å². The van der Waals surface area contributed by atoms with Crippen molar-refractivity contribution in [2.24, 2.45) is 0 Å². The Hall–Kier alpha value is -1.32. The van der Waals surface area contributed by atoms with Crippen molar-refractivity contribution in [3.05, 3.63) is 40.9 Å². The smallest absolute Gasteiger partial charge is 0.244 e. The van der Waals surface area contributed by atoms with Crippen LogP contribution in [0.2, 0.25) is 5.02 Å². The summed E-state index contributed by atoms with van der Waals surface area (Å²) in [6.07, 6.45) is 4.58. The molecule has 4 heteroatoms. The molecule has 0 aliphatic carbocycles. The first-order valence-electron chi connectivity index (χ1n) is 6.42. The van der Waals surface area contributed by atoms with Crippen LogP contribution in [0.3, 0.4) is 0 Å². The van der Waals surface area contributed by atoms with Crippen molar-refractivity contribution in [1.29, 1.82) is 0 Å². The predicted molar refractivity (Wildman–Crippen MR) is 79.0 cm³/mol. The SMILES string of the molecule is CCC(CC)(CO)NC(=O)C=Cc1ccc(Cl)cc1. The van der Waals surface area contributed by atoms with Crippen molar-refractivity contribution in [1.82, 2.24) is 5.32 Å². The maximum atomic E-state index is 11.8. The minimum absolute atomic E-state index is 0.0550. The number of hydrogen-bond acceptors (Lipinski definition) is 2. The second kappa shape index (κ2) is 7.31. The summed E-state index contributed by atoms with van der Waals surface area (Å²) in [6.45, 7) is 3.84. The van der Waals surface area contributed by atoms with Gasteiger partial charge in [0.1, 0.15) is 0 Å². The van der Waals surface area contributed by atoms with Crippen LogP contribution in [0.4, 0.5) is 0 Å². The molecule has 0 radical (unpaired) electrons. The quantitative estimate of drug-likeness (QED) is 0.788. The lowest BCUT2D eigenvalue weighted by Gasteiger charge is -2.30. The second-order valence-corrected chi connectivity index (χ2v) is 4.96. The topological polar surface area (TPSA) is 49.3 Å². The van der Waals surface area contributed by atoms with E-state index in [0.29, 0.717) is 17.9 Å². The van der Waals surface area contributed by atoms with E-state index in [9.17, 15) is 9.90 Å². The molecular formula is C15H20ClNO2. The Bertz CT molecular complexity index is 428. The van der Waals surface area contributed by atoms with Gasteiger partial charge in [-0.25, -0.2) is 0 Å². The van der Waals surface area contributed by atoms with E-state index in [1.807, 2.05) is 26.0 Å². The van der Waals surface area contributed by atoms with Crippen molar-refractivity contribution in [2.45, 2.75) is 32.2 Å². The molecule has 0 aliphatic rings. The third-order valence-corrected chi connectivity index (χ3v) is 3.59. The molecular weight excluding hydrogens is 262 g/mol. The zero-order valence-corrected chi connectivity index (χ0v) is 12.1. The van der Waals surface area contributed by atoms with Crippen LogP contribution in [0.5, 0.6) is 0 Å². The van der Waals surface area contributed by atoms with Gasteiger partial charge in [-0.3, -0.25) is 4.79 Å². The molecule has 0 fully saturated rings. The van der Waals surface area contributed by atoms with Gasteiger partial charge in [0.25, 0.3) is 0 Å². The number of hydrogen-bond donors (Lipinski definition) is 2. The lowest BCUT2D eigenvalue weighted by Crippen LogP contribution is -2.49. The molecule has 104 valence electrons. The molecule has 0 unspecified atom stereocenters. The van der Waals surface area contributed by atoms with Crippen molar-refractivity contribution in [2.75, 3.05) is 6.61 Å². The van der Waals surface area contributed by atoms with Crippen LogP contribution in [0.1, 0.15) is 32.3 Å². The Kier molecular flexibility index (Phi) is 6.06. The standard InChI is InChI=1S/C15H20ClNO2/c1-3-15(4-2,11-18)17-14(19)10-7-12-5-8-13(16)9-6-12/h5-10,18H,3-4,11H2,1-2H3,(H,17,19). The second-order valence-electron chi connectivity index (χ2n) is 4.52. The fourth-order valence-corrected chi connectivity index (χ4v) is 1.86. The van der Waals surface area contributed by atoms with Crippen LogP contribution in [-0.4, -0.2) is 23.2 Å². The number of halogens is 1. The number of carbonyl (C=O) groups excluding carboxylic acids is 1. The summed E-state index contributed by atoms with van der Waals surface area (Å²) >= 11 is 5.79. The molecule has 1 amide bonds. The average molecular weight is 282 g/mol. The average Bonchev–Trinajstić information content (AvgIpc) is 2.44. The summed E-state index contributed by atoms with van der Waals surface area (Å²) in [5.74, 6) is -0.201. The normalized spacial score (nSPS) is 11.8. The molecule has 0 saturated carbocycles. The minimum Gasteiger partial charge on any atom is -0.394 e. The van der Waals surface area contributed by atoms with Crippen LogP contribution in [0.25, 0.3) is 6.08 Å². The van der Waals surface area contributed by atoms with Gasteiger partial charge in [-0.2, -0.15) is 0 Å². The van der Waals surface area contributed by atoms with Crippen molar-refractivity contribution < 1.29 is 9.90 Å². The first-order valence-corrected chi connectivity index (χ1v) is 6.79. The van der Waals surface area contributed by atoms with Crippen molar-refractivity contribution >= 4 is 23.6 Å². The Morgan fingerprint density at radius 2 is 1.89 bits per heavy atom. The van der Waals surface area contributed by atoms with Crippen LogP contribution >= 0.6 is 11.6 Å². The molecule has 2 N–H and O–H groups in total. The highest BCUT2D eigenvalue weighted by molar-refractivity contribution is 6.30. The monoisotopic (exact) mass is 281 g/mol. The number of aliphatic hydroxyl groups is 1. The molecule has 3 nitrogen and oxygen atoms in total. The largest absolute Gasteiger partial charge is 0.394 e. The molecule has 0 saturated heterocycles. The summed E-state index contributed by atoms with van der Waals surface area (Å²) in [6, 6.07) is 7.22. The summed E-state index contributed by atoms with van der Waals surface area (Å²) in [5.41, 5.74) is 0.378. The predicted octanol–water partition coefficient (Wildman–Crippen LogP) is 3.02. The molecule has 0 atom stereocenters. The van der Waals surface area contributed by atoms with Gasteiger partial charge in [-0.1, -0.05) is 37.6 Å². The summed E-state index contributed by atoms with van der Waals surface area (Å²) in [4.78, 5) is 11.8. The minimum atomic E-state index is -0.526. The lowest BCUT2D eigenvalue weighted by atomic mass is 9.94. The van der Waals surface area contributed by atoms with E-state index >= 15 is 0 Å². The molecule has 1 aromatic rings. The fourth-order valence-electron chi connectivity index (χ4n) is 1.74. The Morgan fingerprint density at radius 1 is 1.32 bits per heavy atom. The van der Waals surface area contributed by atoms with E-state index in [2.05, 4.69) is 5.32 Å². The fraction of sp³-hybridized carbons (Fsp3) is 0.400. The Labute approximate surface area is 119 Å². The van der Waals surface area contributed by atoms with Crippen LogP contribution in [0, 0.1) is 0 Å². The van der Waals surface area contributed by atoms with Gasteiger partial charge in [0.15, 0.2) is 0 Å². The van der Waals surface area contributed by atoms with Gasteiger partial charge in [-0.05, 0) is 36.6 Å². The van der Waals surface area contributed by atoms with Gasteiger partial charge in [0.2, 0.25) is 5.91 Å². The first kappa shape index (κ1) is 15.7. The summed E-state index contributed by atoms with van der Waals surface area (Å²) < 4.78 is 0. The van der Waals surface area contributed by atoms with Gasteiger partial charge >= 0.3 is 0 Å². The number of benzene rings is 1. The van der Waals surface area contributed by atoms with E-state index in [0.717, 1.165) is 5.56 Å². The Balaban J connectivity index is 2.66. The van der Waals surface area contributed by atoms with Gasteiger partial charge < -0.3 is 10.4 Å². The molecule has 19 heavy (non-hydrogen) atoms. The molecule has 0 spiro atoms. The third-order valence-electron chi connectivity index (χ3n) is 3.34. The first-order chi connectivity index (χ1) is 9.05. The molecule has 0 aliphatic heterocycles. The van der Waals surface area contributed by atoms with Crippen LogP contribution in [0.15, 0.2) is 30.3 Å². The third kappa shape index (κ3) is 4.69. The van der Waals surface area contributed by atoms with E-state index in [1.54, 1.807) is 18.2 Å². The number of rotatable bonds is 6. The molecule has 0 aromatic heterocycles. The lowest BCUT2D eigenvalue weighted by molar-refractivity contribution is -0.119. The van der Waals surface area contributed by atoms with Gasteiger partial charge in [0, 0.05) is 11.1 Å². The van der Waals surface area contributed by atoms with Gasteiger partial charge in [-0.15, -0.1) is 0 Å². The molecule has 1 aromatic carbocycles. The highest BCUT2D eigenvalue weighted by Crippen LogP contribution is 2.14. The number of amides is 1. The van der Waals surface area contributed by atoms with E-state index in [4.69, 9.17) is 11.6 Å². The highest BCUT2D eigenvalue weighted by atomic mass is 35.5. The zero-order chi connectivity index (χ0) is 14.3. The summed E-state index contributed by atoms with van der Waals surface area (Å²) in [7, 11) is 0. The maximum absolute atomic E-state index is 11.8. The summed E-state index contributed by atoms with van der Waals surface area (Å²) in [5, 5.41) is 12.9. The van der Waals surface area contributed by atoms with Crippen LogP contribution < -0.4 is 5.32 Å². The number of carbonyl (C=O) groups is 1. The van der Waals surface area contributed by atoms with E-state index in [-0.39, 0.29) is 12.5 Å². The van der Waals surface area contributed by atoms with E-state index < -0.39 is 5.54 Å². The van der Waals surface area contributed by atoms with E-state index in [1.165, 1.54) is 6.08 Å². The molecule has 0 bridgehead atoms. The van der Waals surface area contributed by atoms with Crippen molar-refractivity contribution in [3.8, 4) is 0 Å². The number of aliphatic hydroxyl groups excluding tert-OH is 1. The van der Waals surface area contributed by atoms with Crippen molar-refractivity contribution in [3.63, 3.8) is 0 Å². The molecule has 0 heterocycles. The number of nitrogens with one attached hydrogen (secondary N) is 1. The zero-order valence-electron chi connectivity index (χ0n) is 11.3. The highest BCUT2D eigenvalue weighted by Gasteiger charge is 2.26. The molecule has 1 rings (SSSR count). The Morgan fingerprint density at radius 3 is 2.37 bits per heavy atom. The van der Waals surface area contributed by atoms with Crippen LogP contribution in [-0.2, 0) is 4.79 Å². The maximum Gasteiger partial charge on any atom is 0.244 e.